The molecule has 0 radical (unpaired) electrons. The van der Waals surface area contributed by atoms with Crippen molar-refractivity contribution < 1.29 is 14.3 Å². The van der Waals surface area contributed by atoms with Gasteiger partial charge >= 0.3 is 0 Å². The molecule has 2 aliphatic rings. The first-order valence-electron chi connectivity index (χ1n) is 12.5. The molecule has 0 spiro atoms. The molecule has 11 nitrogen and oxygen atoms in total. The van der Waals surface area contributed by atoms with Crippen LogP contribution in [-0.2, 0) is 14.3 Å². The number of carbonyl (C=O) groups is 1. The lowest BCUT2D eigenvalue weighted by atomic mass is 10.0. The topological polar surface area (TPSA) is 143 Å². The van der Waals surface area contributed by atoms with Crippen molar-refractivity contribution in [2.24, 2.45) is 15.7 Å². The van der Waals surface area contributed by atoms with Crippen molar-refractivity contribution >= 4 is 40.7 Å². The van der Waals surface area contributed by atoms with Gasteiger partial charge in [-0.1, -0.05) is 54.6 Å². The Morgan fingerprint density at radius 2 is 1.79 bits per heavy atom. The molecule has 0 aliphatic carbocycles. The number of benzodiazepines with no additional fused rings is 1. The van der Waals surface area contributed by atoms with Gasteiger partial charge in [0.15, 0.2) is 5.69 Å². The minimum atomic E-state index is -1.22. The summed E-state index contributed by atoms with van der Waals surface area (Å²) in [5.74, 6) is -0.0436. The van der Waals surface area contributed by atoms with Gasteiger partial charge in [0, 0.05) is 30.4 Å². The van der Waals surface area contributed by atoms with Crippen molar-refractivity contribution in [3.8, 4) is 0 Å². The highest BCUT2D eigenvalue weighted by Gasteiger charge is 2.28. The second kappa shape index (κ2) is 10.4. The number of nitrogens with zero attached hydrogens (tertiary/aromatic N) is 5. The number of hydrogen-bond donors (Lipinski definition) is 3. The summed E-state index contributed by atoms with van der Waals surface area (Å²) in [5, 5.41) is 11.6. The van der Waals surface area contributed by atoms with Gasteiger partial charge in [-0.3, -0.25) is 14.6 Å². The number of morpholine rings is 1. The number of aromatic nitrogens is 2. The number of aliphatic imine (C=N–C) groups is 2. The minimum absolute atomic E-state index is 0.286. The lowest BCUT2D eigenvalue weighted by molar-refractivity contribution is -0.117. The summed E-state index contributed by atoms with van der Waals surface area (Å²) >= 11 is 0. The third kappa shape index (κ3) is 4.82. The van der Waals surface area contributed by atoms with Crippen molar-refractivity contribution in [3.63, 3.8) is 0 Å². The maximum atomic E-state index is 13.1. The second-order valence-electron chi connectivity index (χ2n) is 8.96. The number of nitrogens with two attached hydrogens (primary N) is 1. The number of pyridine rings is 1. The Balaban J connectivity index is 1.32. The average Bonchev–Trinajstić information content (AvgIpc) is 3.30. The number of amidine groups is 1. The van der Waals surface area contributed by atoms with E-state index in [1.807, 2.05) is 83.4 Å². The number of anilines is 2. The van der Waals surface area contributed by atoms with Crippen molar-refractivity contribution in [1.82, 2.24) is 9.38 Å². The highest BCUT2D eigenvalue weighted by atomic mass is 16.5. The van der Waals surface area contributed by atoms with Crippen LogP contribution in [0.1, 0.15) is 16.8 Å². The van der Waals surface area contributed by atoms with Gasteiger partial charge in [0.25, 0.3) is 11.9 Å². The number of nitrogens with one attached hydrogen (secondary N) is 2. The number of hydrogen-bond acceptors (Lipinski definition) is 8. The molecule has 1 amide bonds. The second-order valence-corrected chi connectivity index (χ2v) is 8.96. The van der Waals surface area contributed by atoms with E-state index in [-0.39, 0.29) is 11.9 Å². The largest absolute Gasteiger partial charge is 0.405 e. The maximum absolute atomic E-state index is 13.1. The molecule has 6 rings (SSSR count). The Labute approximate surface area is 224 Å². The van der Waals surface area contributed by atoms with E-state index in [1.165, 1.54) is 0 Å². The summed E-state index contributed by atoms with van der Waals surface area (Å²) in [7, 11) is 0. The monoisotopic (exact) mass is 522 g/mol. The van der Waals surface area contributed by atoms with Crippen LogP contribution in [0, 0.1) is 5.41 Å². The molecular weight excluding hydrogens is 496 g/mol. The van der Waals surface area contributed by atoms with Gasteiger partial charge < -0.3 is 25.4 Å². The van der Waals surface area contributed by atoms with E-state index in [0.717, 1.165) is 11.1 Å². The molecule has 1 unspecified atom stereocenters. The smallest absolute Gasteiger partial charge is 0.291 e. The zero-order valence-electron chi connectivity index (χ0n) is 20.9. The first-order valence-corrected chi connectivity index (χ1v) is 12.5. The summed E-state index contributed by atoms with van der Waals surface area (Å²) < 4.78 is 13.0. The van der Waals surface area contributed by atoms with E-state index in [4.69, 9.17) is 20.6 Å². The molecule has 2 aromatic heterocycles. The van der Waals surface area contributed by atoms with E-state index in [2.05, 4.69) is 25.2 Å². The molecule has 1 atom stereocenters. The summed E-state index contributed by atoms with van der Waals surface area (Å²) in [6.07, 6.45) is 0.662. The van der Waals surface area contributed by atoms with E-state index >= 15 is 0 Å². The Morgan fingerprint density at radius 1 is 1.05 bits per heavy atom. The van der Waals surface area contributed by atoms with Gasteiger partial charge in [-0.05, 0) is 18.2 Å². The van der Waals surface area contributed by atoms with Crippen molar-refractivity contribution in [1.29, 1.82) is 5.41 Å². The molecule has 1 fully saturated rings. The zero-order valence-corrected chi connectivity index (χ0v) is 20.9. The number of fused-ring (bicyclic) bond motifs is 2. The number of amides is 1. The number of carbonyl (C=O) groups excluding carboxylic acids is 1. The number of para-hydroxylation sites is 1. The minimum Gasteiger partial charge on any atom is -0.405 e. The van der Waals surface area contributed by atoms with Crippen LogP contribution in [0.25, 0.3) is 5.65 Å². The number of ether oxygens (including phenoxy) is 2. The molecule has 4 N–H and O–H groups in total. The van der Waals surface area contributed by atoms with Crippen LogP contribution in [0.4, 0.5) is 11.5 Å². The third-order valence-electron chi connectivity index (χ3n) is 6.46. The Hall–Kier alpha value is -5.03. The van der Waals surface area contributed by atoms with Crippen LogP contribution in [-0.4, -0.2) is 65.4 Å². The first kappa shape index (κ1) is 24.3. The van der Waals surface area contributed by atoms with Crippen LogP contribution < -0.4 is 16.0 Å². The maximum Gasteiger partial charge on any atom is 0.291 e. The van der Waals surface area contributed by atoms with Crippen molar-refractivity contribution in [2.45, 2.75) is 6.17 Å². The van der Waals surface area contributed by atoms with Gasteiger partial charge in [-0.15, -0.1) is 0 Å². The predicted molar refractivity (Wildman–Crippen MR) is 149 cm³/mol. The molecule has 4 aromatic rings. The molecule has 0 bridgehead atoms. The highest BCUT2D eigenvalue weighted by Crippen LogP contribution is 2.26. The first-order chi connectivity index (χ1) is 19.1. The fraction of sp³-hybridized carbons (Fsp3) is 0.179. The predicted octanol–water partition coefficient (Wildman–Crippen LogP) is 2.64. The third-order valence-corrected chi connectivity index (χ3v) is 6.46. The highest BCUT2D eigenvalue weighted by molar-refractivity contribution is 6.19. The van der Waals surface area contributed by atoms with Crippen molar-refractivity contribution in [2.75, 3.05) is 36.5 Å². The zero-order chi connectivity index (χ0) is 26.8. The standard InChI is InChI=1S/C28H26N8O3/c29-24(23-27(35-14-16-38-17-15-35)36-13-7-6-12-21(36)32-23)39-28(30)34-25-26(37)31-20-11-5-4-10-19(20)22(33-25)18-8-2-1-3-9-18/h1-13,25,29H,14-17H2,(H2,30,34)(H,31,37). The van der Waals surface area contributed by atoms with E-state index < -0.39 is 12.1 Å². The summed E-state index contributed by atoms with van der Waals surface area (Å²) in [6, 6.07) is 22.2. The molecule has 0 saturated carbocycles. The van der Waals surface area contributed by atoms with Gasteiger partial charge in [0.05, 0.1) is 24.6 Å². The van der Waals surface area contributed by atoms with Gasteiger partial charge in [0.2, 0.25) is 12.1 Å². The molecule has 2 aliphatic heterocycles. The number of imidazole rings is 1. The lowest BCUT2D eigenvalue weighted by Crippen LogP contribution is -2.38. The Morgan fingerprint density at radius 3 is 2.62 bits per heavy atom. The van der Waals surface area contributed by atoms with Crippen LogP contribution in [0.5, 0.6) is 0 Å². The van der Waals surface area contributed by atoms with E-state index in [9.17, 15) is 4.79 Å². The molecule has 2 aromatic carbocycles. The van der Waals surface area contributed by atoms with Crippen LogP contribution >= 0.6 is 0 Å². The molecule has 1 saturated heterocycles. The quantitative estimate of drug-likeness (QED) is 0.278. The Kier molecular flexibility index (Phi) is 6.47. The van der Waals surface area contributed by atoms with Gasteiger partial charge in [0.1, 0.15) is 11.5 Å². The lowest BCUT2D eigenvalue weighted by Gasteiger charge is -2.28. The van der Waals surface area contributed by atoms with E-state index in [1.54, 1.807) is 0 Å². The normalized spacial score (nSPS) is 17.7. The SMILES string of the molecule is N=C(O/C(N)=N/C1N=C(c2ccccc2)c2ccccc2NC1=O)c1nc2ccccn2c1N1CCOCC1. The molecule has 39 heavy (non-hydrogen) atoms. The van der Waals surface area contributed by atoms with Crippen LogP contribution in [0.2, 0.25) is 0 Å². The molecule has 11 heteroatoms. The summed E-state index contributed by atoms with van der Waals surface area (Å²) in [5.41, 5.74) is 9.92. The average molecular weight is 523 g/mol. The van der Waals surface area contributed by atoms with Gasteiger partial charge in [-0.2, -0.15) is 4.99 Å². The van der Waals surface area contributed by atoms with Crippen molar-refractivity contribution in [3.05, 3.63) is 95.8 Å². The Bertz CT molecular complexity index is 1610. The summed E-state index contributed by atoms with van der Waals surface area (Å²) in [6.45, 7) is 2.43. The fourth-order valence-electron chi connectivity index (χ4n) is 4.67. The van der Waals surface area contributed by atoms with Crippen LogP contribution in [0.3, 0.4) is 0 Å². The van der Waals surface area contributed by atoms with E-state index in [0.29, 0.717) is 54.9 Å². The van der Waals surface area contributed by atoms with Crippen LogP contribution in [0.15, 0.2) is 89.0 Å². The molecule has 196 valence electrons. The van der Waals surface area contributed by atoms with Gasteiger partial charge in [-0.25, -0.2) is 9.98 Å². The number of rotatable bonds is 4. The molecular formula is C28H26N8O3. The fourth-order valence-corrected chi connectivity index (χ4v) is 4.67. The number of benzene rings is 2. The molecule has 4 heterocycles. The summed E-state index contributed by atoms with van der Waals surface area (Å²) in [4.78, 5) is 28.7.